The molecule has 0 aliphatic carbocycles. The molecule has 11 heteroatoms. The first-order valence-corrected chi connectivity index (χ1v) is 12.6. The van der Waals surface area contributed by atoms with Crippen LogP contribution in [0.3, 0.4) is 0 Å². The number of nitrogens with zero attached hydrogens (tertiary/aromatic N) is 1. The normalized spacial score (nSPS) is 15.7. The molecule has 7 nitrogen and oxygen atoms in total. The predicted molar refractivity (Wildman–Crippen MR) is 147 cm³/mol. The largest absolute Gasteiger partial charge is 0.487 e. The highest BCUT2D eigenvalue weighted by atomic mass is 35.5. The first-order valence-electron chi connectivity index (χ1n) is 11.1. The van der Waals surface area contributed by atoms with Gasteiger partial charge in [-0.05, 0) is 43.3 Å². The molecule has 37 heavy (non-hydrogen) atoms. The number of hydrogen-bond donors (Lipinski definition) is 2. The van der Waals surface area contributed by atoms with Crippen LogP contribution in [0.5, 0.6) is 5.75 Å². The molecule has 2 unspecified atom stereocenters. The van der Waals surface area contributed by atoms with Gasteiger partial charge in [-0.25, -0.2) is 4.99 Å². The Bertz CT molecular complexity index is 1370. The number of nitrogens with one attached hydrogen (secondary N) is 2. The van der Waals surface area contributed by atoms with Crippen molar-refractivity contribution in [3.05, 3.63) is 91.4 Å². The number of rotatable bonds is 7. The summed E-state index contributed by atoms with van der Waals surface area (Å²) < 4.78 is 11.0. The zero-order valence-corrected chi connectivity index (χ0v) is 22.7. The average molecular weight is 581 g/mol. The molecule has 2 N–H and O–H groups in total. The van der Waals surface area contributed by atoms with Crippen molar-refractivity contribution in [2.24, 2.45) is 4.99 Å². The van der Waals surface area contributed by atoms with Crippen LogP contribution in [-0.4, -0.2) is 43.5 Å². The van der Waals surface area contributed by atoms with Gasteiger partial charge in [0.05, 0.1) is 33.6 Å². The van der Waals surface area contributed by atoms with Crippen LogP contribution in [0.25, 0.3) is 0 Å². The lowest BCUT2D eigenvalue weighted by molar-refractivity contribution is -0.117. The van der Waals surface area contributed by atoms with E-state index in [9.17, 15) is 9.59 Å². The minimum absolute atomic E-state index is 0.129. The number of methoxy groups -OCH3 is 1. The molecule has 0 bridgehead atoms. The summed E-state index contributed by atoms with van der Waals surface area (Å²) in [5.74, 6) is -0.907. The second kappa shape index (κ2) is 11.7. The Kier molecular flexibility index (Phi) is 8.62. The predicted octanol–water partition coefficient (Wildman–Crippen LogP) is 6.26. The van der Waals surface area contributed by atoms with Gasteiger partial charge in [-0.3, -0.25) is 9.59 Å². The monoisotopic (exact) mass is 579 g/mol. The zero-order chi connectivity index (χ0) is 26.7. The zero-order valence-electron chi connectivity index (χ0n) is 19.7. The minimum Gasteiger partial charge on any atom is -0.487 e. The molecule has 3 aromatic carbocycles. The Morgan fingerprint density at radius 1 is 1.05 bits per heavy atom. The highest BCUT2D eigenvalue weighted by molar-refractivity contribution is 6.44. The first kappa shape index (κ1) is 27.2. The molecule has 4 rings (SSSR count). The van der Waals surface area contributed by atoms with Gasteiger partial charge in [0, 0.05) is 28.3 Å². The fourth-order valence-corrected chi connectivity index (χ4v) is 4.96. The van der Waals surface area contributed by atoms with Crippen molar-refractivity contribution in [2.45, 2.75) is 19.2 Å². The van der Waals surface area contributed by atoms with Gasteiger partial charge in [0.25, 0.3) is 11.8 Å². The van der Waals surface area contributed by atoms with E-state index in [0.717, 1.165) is 0 Å². The van der Waals surface area contributed by atoms with E-state index in [1.807, 2.05) is 0 Å². The van der Waals surface area contributed by atoms with Gasteiger partial charge < -0.3 is 20.1 Å². The number of hydrogen-bond acceptors (Lipinski definition) is 5. The lowest BCUT2D eigenvalue weighted by Crippen LogP contribution is -2.42. The molecule has 2 amide bonds. The van der Waals surface area contributed by atoms with Crippen molar-refractivity contribution in [2.75, 3.05) is 19.0 Å². The van der Waals surface area contributed by atoms with Crippen LogP contribution in [0.1, 0.15) is 28.4 Å². The van der Waals surface area contributed by atoms with E-state index in [1.165, 1.54) is 18.2 Å². The summed E-state index contributed by atoms with van der Waals surface area (Å²) in [7, 11) is 1.55. The third-order valence-corrected chi connectivity index (χ3v) is 6.42. The second-order valence-corrected chi connectivity index (χ2v) is 9.84. The number of para-hydroxylation sites is 1. The van der Waals surface area contributed by atoms with Gasteiger partial charge in [0.15, 0.2) is 0 Å². The number of halogens is 4. The van der Waals surface area contributed by atoms with Crippen molar-refractivity contribution in [3.63, 3.8) is 0 Å². The molecule has 0 fully saturated rings. The van der Waals surface area contributed by atoms with Crippen molar-refractivity contribution in [1.82, 2.24) is 5.32 Å². The average Bonchev–Trinajstić information content (AvgIpc) is 2.96. The Hall–Kier alpha value is -2.81. The summed E-state index contributed by atoms with van der Waals surface area (Å²) in [5.41, 5.74) is 1.85. The summed E-state index contributed by atoms with van der Waals surface area (Å²) in [6.07, 6.45) is -1.67. The molecule has 192 valence electrons. The number of aliphatic imine (C=N–C) groups is 1. The second-order valence-electron chi connectivity index (χ2n) is 8.16. The summed E-state index contributed by atoms with van der Waals surface area (Å²) in [6.45, 7) is 2.11. The van der Waals surface area contributed by atoms with Gasteiger partial charge in [0.2, 0.25) is 6.17 Å². The molecule has 1 aliphatic heterocycles. The van der Waals surface area contributed by atoms with E-state index >= 15 is 0 Å². The lowest BCUT2D eigenvalue weighted by Gasteiger charge is -2.18. The molecule has 2 atom stereocenters. The number of fused-ring (bicyclic) bond motifs is 1. The van der Waals surface area contributed by atoms with Crippen LogP contribution in [0, 0.1) is 0 Å². The molecule has 0 saturated heterocycles. The van der Waals surface area contributed by atoms with Crippen LogP contribution in [0.15, 0.2) is 59.6 Å². The number of anilines is 1. The van der Waals surface area contributed by atoms with Gasteiger partial charge >= 0.3 is 0 Å². The Balaban J connectivity index is 1.75. The number of carbonyl (C=O) groups is 2. The molecule has 1 heterocycles. The van der Waals surface area contributed by atoms with Crippen LogP contribution < -0.4 is 15.4 Å². The van der Waals surface area contributed by atoms with Gasteiger partial charge in [-0.15, -0.1) is 0 Å². The highest BCUT2D eigenvalue weighted by Crippen LogP contribution is 2.34. The standard InChI is InChI=1S/C26H21Cl4N3O4/c1-13(12-36-2)37-21-8-7-14(27)9-17(21)25(34)33-24-26(35)31-20-6-4-3-5-16(20)23(32-24)22-18(29)10-15(28)11-19(22)30/h3-11,13,24H,12H2,1-2H3,(H,31,35)(H,33,34). The molecule has 1 aliphatic rings. The van der Waals surface area contributed by atoms with Crippen molar-refractivity contribution in [1.29, 1.82) is 0 Å². The Morgan fingerprint density at radius 2 is 1.76 bits per heavy atom. The van der Waals surface area contributed by atoms with E-state index in [1.54, 1.807) is 50.4 Å². The van der Waals surface area contributed by atoms with Crippen molar-refractivity contribution >= 4 is 69.6 Å². The molecule has 0 spiro atoms. The topological polar surface area (TPSA) is 89.0 Å². The highest BCUT2D eigenvalue weighted by Gasteiger charge is 2.30. The molecule has 0 saturated carbocycles. The van der Waals surface area contributed by atoms with E-state index in [0.29, 0.717) is 39.2 Å². The summed E-state index contributed by atoms with van der Waals surface area (Å²) in [5, 5.41) is 6.60. The number of amides is 2. The fourth-order valence-electron chi connectivity index (χ4n) is 3.79. The number of benzodiazepines with no additional fused rings is 1. The van der Waals surface area contributed by atoms with Gasteiger partial charge in [-0.1, -0.05) is 64.6 Å². The van der Waals surface area contributed by atoms with Crippen LogP contribution >= 0.6 is 46.4 Å². The number of carbonyl (C=O) groups excluding carboxylic acids is 2. The number of ether oxygens (including phenoxy) is 2. The smallest absolute Gasteiger partial charge is 0.269 e. The molecular formula is C26H21Cl4N3O4. The summed E-state index contributed by atoms with van der Waals surface area (Å²) >= 11 is 25.3. The minimum atomic E-state index is -1.33. The number of benzene rings is 3. The van der Waals surface area contributed by atoms with E-state index < -0.39 is 18.0 Å². The summed E-state index contributed by atoms with van der Waals surface area (Å²) in [4.78, 5) is 31.1. The maximum absolute atomic E-state index is 13.4. The van der Waals surface area contributed by atoms with E-state index in [4.69, 9.17) is 55.9 Å². The third-order valence-electron chi connectivity index (χ3n) is 5.37. The van der Waals surface area contributed by atoms with Crippen LogP contribution in [0.2, 0.25) is 20.1 Å². The fraction of sp³-hybridized carbons (Fsp3) is 0.192. The van der Waals surface area contributed by atoms with Crippen molar-refractivity contribution < 1.29 is 19.1 Å². The molecule has 3 aromatic rings. The van der Waals surface area contributed by atoms with Crippen molar-refractivity contribution in [3.8, 4) is 5.75 Å². The first-order chi connectivity index (χ1) is 17.7. The maximum Gasteiger partial charge on any atom is 0.269 e. The third kappa shape index (κ3) is 6.20. The summed E-state index contributed by atoms with van der Waals surface area (Å²) in [6, 6.07) is 14.7. The Labute approximate surface area is 233 Å². The van der Waals surface area contributed by atoms with Gasteiger partial charge in [0.1, 0.15) is 11.9 Å². The maximum atomic E-state index is 13.4. The van der Waals surface area contributed by atoms with E-state index in [-0.39, 0.29) is 27.5 Å². The van der Waals surface area contributed by atoms with Gasteiger partial charge in [-0.2, -0.15) is 0 Å². The van der Waals surface area contributed by atoms with E-state index in [2.05, 4.69) is 15.6 Å². The quantitative estimate of drug-likeness (QED) is 0.345. The van der Waals surface area contributed by atoms with Crippen LogP contribution in [-0.2, 0) is 9.53 Å². The molecular weight excluding hydrogens is 560 g/mol. The molecule has 0 radical (unpaired) electrons. The molecule has 0 aromatic heterocycles. The van der Waals surface area contributed by atoms with Crippen LogP contribution in [0.4, 0.5) is 5.69 Å². The Morgan fingerprint density at radius 3 is 2.46 bits per heavy atom. The SMILES string of the molecule is COCC(C)Oc1ccc(Cl)cc1C(=O)NC1N=C(c2c(Cl)cc(Cl)cc2Cl)c2ccccc2NC1=O. The lowest BCUT2D eigenvalue weighted by atomic mass is 10.0.